The summed E-state index contributed by atoms with van der Waals surface area (Å²) in [4.78, 5) is 20.0. The number of benzene rings is 2. The van der Waals surface area contributed by atoms with Crippen molar-refractivity contribution >= 4 is 32.6 Å². The number of rotatable bonds is 6. The van der Waals surface area contributed by atoms with Crippen molar-refractivity contribution in [1.29, 1.82) is 0 Å². The minimum atomic E-state index is -0.172. The lowest BCUT2D eigenvalue weighted by Gasteiger charge is -2.19. The number of methoxy groups -OCH3 is 1. The number of thiazole rings is 1. The number of hydrogen-bond donors (Lipinski definition) is 0. The Morgan fingerprint density at radius 3 is 2.60 bits per heavy atom. The van der Waals surface area contributed by atoms with Crippen molar-refractivity contribution in [3.05, 3.63) is 71.5 Å². The van der Waals surface area contributed by atoms with Crippen molar-refractivity contribution < 1.29 is 9.53 Å². The maximum atomic E-state index is 13.5. The molecule has 2 aromatic carbocycles. The number of ether oxygens (including phenoxy) is 1. The van der Waals surface area contributed by atoms with Crippen molar-refractivity contribution in [2.45, 2.75) is 33.4 Å². The zero-order valence-corrected chi connectivity index (χ0v) is 18.3. The number of anilines is 1. The van der Waals surface area contributed by atoms with Gasteiger partial charge in [0.25, 0.3) is 5.91 Å². The minimum Gasteiger partial charge on any atom is -0.494 e. The fourth-order valence-electron chi connectivity index (χ4n) is 3.25. The SMILES string of the molecule is COc1ccc(C)c2sc(N(Cc3ccccc3)C(=O)c3ccn(C(C)C)n3)nc12. The molecule has 0 spiro atoms. The van der Waals surface area contributed by atoms with Crippen molar-refractivity contribution in [3.63, 3.8) is 0 Å². The Bertz CT molecular complexity index is 1180. The Morgan fingerprint density at radius 1 is 1.17 bits per heavy atom. The lowest BCUT2D eigenvalue weighted by atomic mass is 10.2. The first-order valence-corrected chi connectivity index (χ1v) is 10.6. The summed E-state index contributed by atoms with van der Waals surface area (Å²) in [6, 6.07) is 15.8. The minimum absolute atomic E-state index is 0.172. The zero-order chi connectivity index (χ0) is 21.3. The maximum absolute atomic E-state index is 13.5. The number of fused-ring (bicyclic) bond motifs is 1. The molecule has 0 unspecified atom stereocenters. The van der Waals surface area contributed by atoms with Crippen LogP contribution >= 0.6 is 11.3 Å². The van der Waals surface area contributed by atoms with E-state index in [2.05, 4.69) is 5.10 Å². The Hall–Kier alpha value is -3.19. The van der Waals surface area contributed by atoms with E-state index in [1.807, 2.05) is 69.4 Å². The quantitative estimate of drug-likeness (QED) is 0.428. The van der Waals surface area contributed by atoms with Gasteiger partial charge < -0.3 is 4.74 Å². The summed E-state index contributed by atoms with van der Waals surface area (Å²) in [5.41, 5.74) is 3.31. The Labute approximate surface area is 179 Å². The van der Waals surface area contributed by atoms with E-state index in [0.717, 1.165) is 21.3 Å². The van der Waals surface area contributed by atoms with E-state index in [1.165, 1.54) is 11.3 Å². The average molecular weight is 421 g/mol. The van der Waals surface area contributed by atoms with Gasteiger partial charge in [0.2, 0.25) is 0 Å². The molecule has 0 N–H and O–H groups in total. The smallest absolute Gasteiger partial charge is 0.280 e. The molecular weight excluding hydrogens is 396 g/mol. The van der Waals surface area contributed by atoms with Crippen molar-refractivity contribution in [3.8, 4) is 5.75 Å². The van der Waals surface area contributed by atoms with Crippen LogP contribution in [0.25, 0.3) is 10.2 Å². The van der Waals surface area contributed by atoms with Gasteiger partial charge >= 0.3 is 0 Å². The normalized spacial score (nSPS) is 11.2. The van der Waals surface area contributed by atoms with E-state index in [9.17, 15) is 4.79 Å². The Morgan fingerprint density at radius 2 is 1.93 bits per heavy atom. The monoisotopic (exact) mass is 420 g/mol. The molecule has 2 aromatic heterocycles. The number of aryl methyl sites for hydroxylation is 1. The van der Waals surface area contributed by atoms with Gasteiger partial charge in [-0.15, -0.1) is 0 Å². The molecule has 2 heterocycles. The summed E-state index contributed by atoms with van der Waals surface area (Å²) in [5.74, 6) is 0.531. The first-order chi connectivity index (χ1) is 14.5. The largest absolute Gasteiger partial charge is 0.494 e. The highest BCUT2D eigenvalue weighted by Gasteiger charge is 2.25. The lowest BCUT2D eigenvalue weighted by Crippen LogP contribution is -2.30. The zero-order valence-electron chi connectivity index (χ0n) is 17.5. The van der Waals surface area contributed by atoms with Crippen molar-refractivity contribution in [2.75, 3.05) is 12.0 Å². The molecule has 0 radical (unpaired) electrons. The average Bonchev–Trinajstić information content (AvgIpc) is 3.41. The summed E-state index contributed by atoms with van der Waals surface area (Å²) >= 11 is 1.50. The topological polar surface area (TPSA) is 60.2 Å². The third kappa shape index (κ3) is 3.80. The standard InChI is InChI=1S/C23H24N4O2S/c1-15(2)27-13-12-18(25-27)22(28)26(14-17-8-6-5-7-9-17)23-24-20-19(29-4)11-10-16(3)21(20)30-23/h5-13,15H,14H2,1-4H3. The molecule has 154 valence electrons. The molecule has 1 amide bonds. The molecule has 0 fully saturated rings. The third-order valence-corrected chi connectivity index (χ3v) is 6.14. The fourth-order valence-corrected chi connectivity index (χ4v) is 4.30. The lowest BCUT2D eigenvalue weighted by molar-refractivity contribution is 0.0979. The highest BCUT2D eigenvalue weighted by molar-refractivity contribution is 7.22. The second-order valence-electron chi connectivity index (χ2n) is 7.41. The van der Waals surface area contributed by atoms with Crippen LogP contribution in [0.1, 0.15) is 41.5 Å². The van der Waals surface area contributed by atoms with Crippen LogP contribution in [0.4, 0.5) is 5.13 Å². The first-order valence-electron chi connectivity index (χ1n) is 9.83. The fraction of sp³-hybridized carbons (Fsp3) is 0.261. The molecular formula is C23H24N4O2S. The molecule has 0 saturated heterocycles. The van der Waals surface area contributed by atoms with E-state index >= 15 is 0 Å². The molecule has 4 aromatic rings. The van der Waals surface area contributed by atoms with Gasteiger partial charge in [0.15, 0.2) is 10.8 Å². The highest BCUT2D eigenvalue weighted by Crippen LogP contribution is 2.37. The van der Waals surface area contributed by atoms with Crippen LogP contribution in [0.5, 0.6) is 5.75 Å². The number of hydrogen-bond acceptors (Lipinski definition) is 5. The predicted molar refractivity (Wildman–Crippen MR) is 120 cm³/mol. The van der Waals surface area contributed by atoms with E-state index in [4.69, 9.17) is 9.72 Å². The molecule has 0 saturated carbocycles. The van der Waals surface area contributed by atoms with E-state index < -0.39 is 0 Å². The van der Waals surface area contributed by atoms with Gasteiger partial charge in [-0.05, 0) is 44.0 Å². The highest BCUT2D eigenvalue weighted by atomic mass is 32.1. The molecule has 7 heteroatoms. The molecule has 0 bridgehead atoms. The molecule has 0 aliphatic rings. The number of nitrogens with zero attached hydrogens (tertiary/aromatic N) is 4. The number of carbonyl (C=O) groups excluding carboxylic acids is 1. The van der Waals surface area contributed by atoms with Gasteiger partial charge in [-0.1, -0.05) is 47.7 Å². The van der Waals surface area contributed by atoms with E-state index in [-0.39, 0.29) is 11.9 Å². The Kier molecular flexibility index (Phi) is 5.55. The van der Waals surface area contributed by atoms with Crippen LogP contribution in [0.2, 0.25) is 0 Å². The second kappa shape index (κ2) is 8.28. The van der Waals surface area contributed by atoms with Gasteiger partial charge in [-0.2, -0.15) is 5.10 Å². The summed E-state index contributed by atoms with van der Waals surface area (Å²) in [6.07, 6.45) is 1.84. The van der Waals surface area contributed by atoms with Crippen LogP contribution < -0.4 is 9.64 Å². The van der Waals surface area contributed by atoms with Gasteiger partial charge in [0.1, 0.15) is 11.3 Å². The van der Waals surface area contributed by atoms with Gasteiger partial charge in [0.05, 0.1) is 18.4 Å². The summed E-state index contributed by atoms with van der Waals surface area (Å²) in [7, 11) is 1.63. The second-order valence-corrected chi connectivity index (χ2v) is 8.39. The third-order valence-electron chi connectivity index (χ3n) is 4.93. The molecule has 0 aliphatic heterocycles. The van der Waals surface area contributed by atoms with Crippen LogP contribution in [-0.4, -0.2) is 27.8 Å². The van der Waals surface area contributed by atoms with Gasteiger partial charge in [-0.3, -0.25) is 14.4 Å². The molecule has 6 nitrogen and oxygen atoms in total. The summed E-state index contributed by atoms with van der Waals surface area (Å²) < 4.78 is 8.30. The first kappa shape index (κ1) is 20.1. The molecule has 0 atom stereocenters. The van der Waals surface area contributed by atoms with Gasteiger partial charge in [-0.25, -0.2) is 4.98 Å². The van der Waals surface area contributed by atoms with Crippen LogP contribution in [-0.2, 0) is 6.54 Å². The Balaban J connectivity index is 1.79. The van der Waals surface area contributed by atoms with E-state index in [1.54, 1.807) is 22.8 Å². The van der Waals surface area contributed by atoms with Gasteiger partial charge in [0, 0.05) is 12.2 Å². The van der Waals surface area contributed by atoms with Crippen LogP contribution in [0.15, 0.2) is 54.7 Å². The number of amides is 1. The van der Waals surface area contributed by atoms with Crippen LogP contribution in [0.3, 0.4) is 0 Å². The summed E-state index contributed by atoms with van der Waals surface area (Å²) in [6.45, 7) is 6.52. The predicted octanol–water partition coefficient (Wildman–Crippen LogP) is 5.24. The van der Waals surface area contributed by atoms with Crippen molar-refractivity contribution in [1.82, 2.24) is 14.8 Å². The number of carbonyl (C=O) groups is 1. The molecule has 0 aliphatic carbocycles. The van der Waals surface area contributed by atoms with Crippen molar-refractivity contribution in [2.24, 2.45) is 0 Å². The summed E-state index contributed by atoms with van der Waals surface area (Å²) in [5, 5.41) is 5.11. The van der Waals surface area contributed by atoms with E-state index in [0.29, 0.717) is 23.1 Å². The maximum Gasteiger partial charge on any atom is 0.280 e. The molecule has 30 heavy (non-hydrogen) atoms. The van der Waals surface area contributed by atoms with Crippen LogP contribution in [0, 0.1) is 6.92 Å². The molecule has 4 rings (SSSR count). The number of aromatic nitrogens is 3.